The highest BCUT2D eigenvalue weighted by molar-refractivity contribution is 7.12. The van der Waals surface area contributed by atoms with E-state index in [0.717, 1.165) is 19.3 Å². The molecule has 1 heterocycles. The molecule has 0 spiro atoms. The van der Waals surface area contributed by atoms with Crippen molar-refractivity contribution in [1.82, 2.24) is 0 Å². The molecule has 4 nitrogen and oxygen atoms in total. The minimum Gasteiger partial charge on any atom is -0.481 e. The molecule has 0 amide bonds. The molecule has 112 valence electrons. The second kappa shape index (κ2) is 8.04. The molecule has 1 unspecified atom stereocenters. The summed E-state index contributed by atoms with van der Waals surface area (Å²) in [5.74, 6) is -1.74. The third-order valence-electron chi connectivity index (χ3n) is 3.43. The van der Waals surface area contributed by atoms with Crippen molar-refractivity contribution in [2.24, 2.45) is 5.92 Å². The molecule has 0 aromatic carbocycles. The summed E-state index contributed by atoms with van der Waals surface area (Å²) >= 11 is 1.78. The largest absolute Gasteiger partial charge is 0.481 e. The summed E-state index contributed by atoms with van der Waals surface area (Å²) in [6.07, 6.45) is 3.19. The van der Waals surface area contributed by atoms with Crippen molar-refractivity contribution in [3.05, 3.63) is 21.4 Å². The van der Waals surface area contributed by atoms with Gasteiger partial charge in [-0.2, -0.15) is 0 Å². The van der Waals surface area contributed by atoms with E-state index in [1.165, 1.54) is 15.3 Å². The lowest BCUT2D eigenvalue weighted by Gasteiger charge is -2.13. The van der Waals surface area contributed by atoms with Gasteiger partial charge < -0.3 is 10.2 Å². The van der Waals surface area contributed by atoms with Gasteiger partial charge in [0, 0.05) is 22.6 Å². The Labute approximate surface area is 123 Å². The predicted molar refractivity (Wildman–Crippen MR) is 79.3 cm³/mol. The molecule has 1 aromatic heterocycles. The van der Waals surface area contributed by atoms with Crippen LogP contribution < -0.4 is 0 Å². The van der Waals surface area contributed by atoms with Crippen LogP contribution in [-0.2, 0) is 16.0 Å². The highest BCUT2D eigenvalue weighted by Crippen LogP contribution is 2.24. The quantitative estimate of drug-likeness (QED) is 0.730. The van der Waals surface area contributed by atoms with E-state index in [2.05, 4.69) is 19.9 Å². The van der Waals surface area contributed by atoms with Crippen LogP contribution in [0.5, 0.6) is 0 Å². The highest BCUT2D eigenvalue weighted by Gasteiger charge is 2.15. The SMILES string of the molecule is Cc1cc(CCCC(CCC(=O)O)CC(=O)O)c(C)s1. The number of hydrogen-bond donors (Lipinski definition) is 2. The van der Waals surface area contributed by atoms with Gasteiger partial charge in [-0.05, 0) is 57.1 Å². The molecular weight excluding hydrogens is 276 g/mol. The van der Waals surface area contributed by atoms with Gasteiger partial charge in [-0.15, -0.1) is 11.3 Å². The summed E-state index contributed by atoms with van der Waals surface area (Å²) in [4.78, 5) is 24.0. The number of carboxylic acid groups (broad SMARTS) is 2. The monoisotopic (exact) mass is 298 g/mol. The Kier molecular flexibility index (Phi) is 6.71. The van der Waals surface area contributed by atoms with Crippen LogP contribution in [0.1, 0.15) is 47.4 Å². The highest BCUT2D eigenvalue weighted by atomic mass is 32.1. The Morgan fingerprint density at radius 3 is 2.40 bits per heavy atom. The van der Waals surface area contributed by atoms with Crippen molar-refractivity contribution in [2.45, 2.75) is 52.4 Å². The van der Waals surface area contributed by atoms with Crippen LogP contribution >= 0.6 is 11.3 Å². The van der Waals surface area contributed by atoms with Crippen LogP contribution in [0.2, 0.25) is 0 Å². The van der Waals surface area contributed by atoms with E-state index in [1.807, 2.05) is 0 Å². The fourth-order valence-corrected chi connectivity index (χ4v) is 3.41. The molecule has 1 rings (SSSR count). The van der Waals surface area contributed by atoms with Crippen LogP contribution in [0.4, 0.5) is 0 Å². The smallest absolute Gasteiger partial charge is 0.303 e. The Hall–Kier alpha value is -1.36. The van der Waals surface area contributed by atoms with Gasteiger partial charge in [0.2, 0.25) is 0 Å². The van der Waals surface area contributed by atoms with Crippen molar-refractivity contribution in [3.63, 3.8) is 0 Å². The fourth-order valence-electron chi connectivity index (χ4n) is 2.44. The minimum atomic E-state index is -0.857. The van der Waals surface area contributed by atoms with Crippen LogP contribution in [0.25, 0.3) is 0 Å². The van der Waals surface area contributed by atoms with E-state index in [0.29, 0.717) is 6.42 Å². The lowest BCUT2D eigenvalue weighted by molar-refractivity contribution is -0.140. The summed E-state index contributed by atoms with van der Waals surface area (Å²) in [5.41, 5.74) is 1.33. The van der Waals surface area contributed by atoms with E-state index >= 15 is 0 Å². The minimum absolute atomic E-state index is 0.0383. The van der Waals surface area contributed by atoms with Crippen LogP contribution in [0.15, 0.2) is 6.07 Å². The molecule has 2 N–H and O–H groups in total. The standard InChI is InChI=1S/C15H22O4S/c1-10-8-13(11(2)20-10)5-3-4-12(9-15(18)19)6-7-14(16)17/h8,12H,3-7,9H2,1-2H3,(H,16,17)(H,18,19). The zero-order chi connectivity index (χ0) is 15.1. The van der Waals surface area contributed by atoms with Crippen molar-refractivity contribution in [3.8, 4) is 0 Å². The van der Waals surface area contributed by atoms with Crippen LogP contribution in [0, 0.1) is 19.8 Å². The second-order valence-electron chi connectivity index (χ2n) is 5.23. The summed E-state index contributed by atoms with van der Waals surface area (Å²) < 4.78 is 0. The van der Waals surface area contributed by atoms with Crippen molar-refractivity contribution < 1.29 is 19.8 Å². The normalized spacial score (nSPS) is 12.3. The maximum atomic E-state index is 10.8. The fraction of sp³-hybridized carbons (Fsp3) is 0.600. The first-order chi connectivity index (χ1) is 9.38. The van der Waals surface area contributed by atoms with E-state index in [1.54, 1.807) is 11.3 Å². The molecule has 1 atom stereocenters. The maximum absolute atomic E-state index is 10.8. The molecule has 5 heteroatoms. The van der Waals surface area contributed by atoms with Gasteiger partial charge in [0.05, 0.1) is 0 Å². The third-order valence-corrected chi connectivity index (χ3v) is 4.44. The topological polar surface area (TPSA) is 74.6 Å². The average molecular weight is 298 g/mol. The lowest BCUT2D eigenvalue weighted by atomic mass is 9.92. The Balaban J connectivity index is 2.42. The summed E-state index contributed by atoms with van der Waals surface area (Å²) in [6, 6.07) is 2.18. The van der Waals surface area contributed by atoms with Gasteiger partial charge in [0.1, 0.15) is 0 Å². The number of carboxylic acids is 2. The first-order valence-corrected chi connectivity index (χ1v) is 7.69. The second-order valence-corrected chi connectivity index (χ2v) is 6.69. The van der Waals surface area contributed by atoms with Gasteiger partial charge >= 0.3 is 11.9 Å². The Morgan fingerprint density at radius 2 is 1.90 bits per heavy atom. The van der Waals surface area contributed by atoms with Gasteiger partial charge in [-0.1, -0.05) is 0 Å². The average Bonchev–Trinajstić information content (AvgIpc) is 2.64. The van der Waals surface area contributed by atoms with Crippen molar-refractivity contribution in [1.29, 1.82) is 0 Å². The molecular formula is C15H22O4S. The zero-order valence-corrected chi connectivity index (χ0v) is 12.8. The van der Waals surface area contributed by atoms with Gasteiger partial charge in [0.15, 0.2) is 0 Å². The number of aliphatic carboxylic acids is 2. The van der Waals surface area contributed by atoms with Gasteiger partial charge in [-0.25, -0.2) is 0 Å². The van der Waals surface area contributed by atoms with E-state index in [-0.39, 0.29) is 18.8 Å². The molecule has 0 radical (unpaired) electrons. The van der Waals surface area contributed by atoms with E-state index in [9.17, 15) is 9.59 Å². The summed E-state index contributed by atoms with van der Waals surface area (Å²) in [6.45, 7) is 4.19. The third kappa shape index (κ3) is 6.19. The maximum Gasteiger partial charge on any atom is 0.303 e. The van der Waals surface area contributed by atoms with Gasteiger partial charge in [0.25, 0.3) is 0 Å². The molecule has 0 aliphatic heterocycles. The van der Waals surface area contributed by atoms with Crippen molar-refractivity contribution in [2.75, 3.05) is 0 Å². The predicted octanol–water partition coefficient (Wildman–Crippen LogP) is 3.64. The van der Waals surface area contributed by atoms with E-state index in [4.69, 9.17) is 10.2 Å². The molecule has 0 bridgehead atoms. The van der Waals surface area contributed by atoms with Gasteiger partial charge in [-0.3, -0.25) is 9.59 Å². The molecule has 0 aliphatic carbocycles. The number of rotatable bonds is 9. The molecule has 0 saturated heterocycles. The summed E-state index contributed by atoms with van der Waals surface area (Å²) in [7, 11) is 0. The lowest BCUT2D eigenvalue weighted by Crippen LogP contribution is -2.10. The zero-order valence-electron chi connectivity index (χ0n) is 12.0. The summed E-state index contributed by atoms with van der Waals surface area (Å²) in [5, 5.41) is 17.6. The molecule has 1 aromatic rings. The number of hydrogen-bond acceptors (Lipinski definition) is 3. The molecule has 20 heavy (non-hydrogen) atoms. The Morgan fingerprint density at radius 1 is 1.20 bits per heavy atom. The number of thiophene rings is 1. The van der Waals surface area contributed by atoms with E-state index < -0.39 is 11.9 Å². The Bertz CT molecular complexity index is 464. The molecule has 0 saturated carbocycles. The van der Waals surface area contributed by atoms with Crippen LogP contribution in [0.3, 0.4) is 0 Å². The number of aryl methyl sites for hydroxylation is 3. The molecule has 0 aliphatic rings. The first-order valence-electron chi connectivity index (χ1n) is 6.88. The van der Waals surface area contributed by atoms with Crippen molar-refractivity contribution >= 4 is 23.3 Å². The molecule has 0 fully saturated rings. The number of carbonyl (C=O) groups is 2. The van der Waals surface area contributed by atoms with Crippen LogP contribution in [-0.4, -0.2) is 22.2 Å². The first kappa shape index (κ1) is 16.7.